The Labute approximate surface area is 126 Å². The summed E-state index contributed by atoms with van der Waals surface area (Å²) in [7, 11) is 3.38. The Morgan fingerprint density at radius 1 is 1.48 bits per heavy atom. The Hall–Kier alpha value is -1.75. The number of hydrogen-bond donors (Lipinski definition) is 2. The van der Waals surface area contributed by atoms with E-state index < -0.39 is 6.10 Å². The predicted octanol–water partition coefficient (Wildman–Crippen LogP) is 1.96. The Morgan fingerprint density at radius 2 is 2.19 bits per heavy atom. The summed E-state index contributed by atoms with van der Waals surface area (Å²) in [6.45, 7) is 4.84. The molecule has 5 heteroatoms. The summed E-state index contributed by atoms with van der Waals surface area (Å²) < 4.78 is 5.32. The quantitative estimate of drug-likeness (QED) is 0.808. The summed E-state index contributed by atoms with van der Waals surface area (Å²) in [5.74, 6) is 0.845. The van der Waals surface area contributed by atoms with Gasteiger partial charge in [0.1, 0.15) is 5.75 Å². The number of urea groups is 1. The molecule has 0 saturated carbocycles. The second kappa shape index (κ2) is 8.52. The molecule has 5 nitrogen and oxygen atoms in total. The van der Waals surface area contributed by atoms with E-state index in [9.17, 15) is 9.90 Å². The third kappa shape index (κ3) is 6.04. The number of aliphatic hydroxyl groups is 1. The number of carbonyl (C=O) groups is 1. The minimum Gasteiger partial charge on any atom is -0.496 e. The molecule has 1 aromatic carbocycles. The van der Waals surface area contributed by atoms with Gasteiger partial charge < -0.3 is 20.1 Å². The maximum atomic E-state index is 11.9. The zero-order valence-corrected chi connectivity index (χ0v) is 13.3. The van der Waals surface area contributed by atoms with Crippen LogP contribution in [0.25, 0.3) is 0 Å². The molecule has 0 radical (unpaired) electrons. The van der Waals surface area contributed by atoms with Crippen LogP contribution in [0.4, 0.5) is 4.79 Å². The summed E-state index contributed by atoms with van der Waals surface area (Å²) in [6.07, 6.45) is 0.910. The number of carbonyl (C=O) groups excluding carboxylic acids is 1. The lowest BCUT2D eigenvalue weighted by Gasteiger charge is -2.19. The van der Waals surface area contributed by atoms with Gasteiger partial charge in [-0.15, -0.1) is 0 Å². The first-order valence-electron chi connectivity index (χ1n) is 7.24. The number of nitrogens with one attached hydrogen (secondary N) is 1. The molecule has 1 rings (SSSR count). The van der Waals surface area contributed by atoms with Crippen LogP contribution in [0, 0.1) is 6.92 Å². The van der Waals surface area contributed by atoms with Crippen LogP contribution in [0.2, 0.25) is 0 Å². The molecule has 1 atom stereocenters. The van der Waals surface area contributed by atoms with Crippen LogP contribution in [0.3, 0.4) is 0 Å². The Balaban J connectivity index is 2.42. The van der Waals surface area contributed by atoms with Crippen molar-refractivity contribution in [2.75, 3.05) is 27.2 Å². The van der Waals surface area contributed by atoms with Crippen LogP contribution in [0.1, 0.15) is 24.5 Å². The fourth-order valence-corrected chi connectivity index (χ4v) is 2.02. The molecule has 1 unspecified atom stereocenters. The number of ether oxygens (including phenoxy) is 1. The highest BCUT2D eigenvalue weighted by Gasteiger charge is 2.09. The molecule has 0 aromatic heterocycles. The number of aryl methyl sites for hydroxylation is 1. The van der Waals surface area contributed by atoms with Gasteiger partial charge in [-0.25, -0.2) is 4.79 Å². The largest absolute Gasteiger partial charge is 0.496 e. The number of nitrogens with zero attached hydrogens (tertiary/aromatic N) is 1. The van der Waals surface area contributed by atoms with Gasteiger partial charge >= 0.3 is 6.03 Å². The topological polar surface area (TPSA) is 61.8 Å². The van der Waals surface area contributed by atoms with Crippen LogP contribution in [0.15, 0.2) is 18.2 Å². The fourth-order valence-electron chi connectivity index (χ4n) is 2.02. The first kappa shape index (κ1) is 17.3. The number of aliphatic hydroxyl groups excluding tert-OH is 1. The van der Waals surface area contributed by atoms with Crippen LogP contribution in [-0.4, -0.2) is 49.4 Å². The summed E-state index contributed by atoms with van der Waals surface area (Å²) >= 11 is 0. The Kier molecular flexibility index (Phi) is 7.02. The van der Waals surface area contributed by atoms with Gasteiger partial charge in [0, 0.05) is 20.1 Å². The van der Waals surface area contributed by atoms with Crippen LogP contribution in [-0.2, 0) is 6.42 Å². The van der Waals surface area contributed by atoms with Crippen molar-refractivity contribution in [2.24, 2.45) is 0 Å². The van der Waals surface area contributed by atoms with Crippen molar-refractivity contribution in [1.29, 1.82) is 0 Å². The molecule has 0 spiro atoms. The zero-order chi connectivity index (χ0) is 15.8. The normalized spacial score (nSPS) is 11.9. The molecule has 0 bridgehead atoms. The molecule has 0 aliphatic carbocycles. The lowest BCUT2D eigenvalue weighted by Crippen LogP contribution is -2.39. The number of rotatable bonds is 7. The van der Waals surface area contributed by atoms with Crippen molar-refractivity contribution >= 4 is 6.03 Å². The van der Waals surface area contributed by atoms with E-state index in [1.54, 1.807) is 26.0 Å². The Morgan fingerprint density at radius 3 is 2.81 bits per heavy atom. The van der Waals surface area contributed by atoms with Gasteiger partial charge in [0.15, 0.2) is 0 Å². The van der Waals surface area contributed by atoms with E-state index >= 15 is 0 Å². The minimum absolute atomic E-state index is 0.123. The van der Waals surface area contributed by atoms with E-state index in [2.05, 4.69) is 11.4 Å². The summed E-state index contributed by atoms with van der Waals surface area (Å²) in [5, 5.41) is 12.1. The molecule has 21 heavy (non-hydrogen) atoms. The summed E-state index contributed by atoms with van der Waals surface area (Å²) in [4.78, 5) is 13.5. The molecule has 0 aliphatic rings. The summed E-state index contributed by atoms with van der Waals surface area (Å²) in [5.41, 5.74) is 2.26. The highest BCUT2D eigenvalue weighted by Crippen LogP contribution is 2.19. The smallest absolute Gasteiger partial charge is 0.317 e. The van der Waals surface area contributed by atoms with Crippen LogP contribution < -0.4 is 10.1 Å². The molecule has 0 saturated heterocycles. The molecule has 0 heterocycles. The van der Waals surface area contributed by atoms with E-state index in [1.165, 1.54) is 5.56 Å². The lowest BCUT2D eigenvalue weighted by atomic mass is 10.1. The van der Waals surface area contributed by atoms with Gasteiger partial charge in [0.05, 0.1) is 13.2 Å². The second-order valence-corrected chi connectivity index (χ2v) is 5.36. The first-order valence-corrected chi connectivity index (χ1v) is 7.24. The first-order chi connectivity index (χ1) is 9.93. The monoisotopic (exact) mass is 294 g/mol. The van der Waals surface area contributed by atoms with E-state index in [1.807, 2.05) is 19.1 Å². The minimum atomic E-state index is -0.392. The van der Waals surface area contributed by atoms with Crippen molar-refractivity contribution in [2.45, 2.75) is 32.8 Å². The van der Waals surface area contributed by atoms with Crippen molar-refractivity contribution in [3.05, 3.63) is 29.3 Å². The highest BCUT2D eigenvalue weighted by molar-refractivity contribution is 5.73. The third-order valence-corrected chi connectivity index (χ3v) is 3.34. The maximum absolute atomic E-state index is 11.9. The molecule has 118 valence electrons. The molecule has 2 N–H and O–H groups in total. The predicted molar refractivity (Wildman–Crippen MR) is 83.8 cm³/mol. The highest BCUT2D eigenvalue weighted by atomic mass is 16.5. The lowest BCUT2D eigenvalue weighted by molar-refractivity contribution is 0.163. The number of hydrogen-bond acceptors (Lipinski definition) is 3. The summed E-state index contributed by atoms with van der Waals surface area (Å²) in [6, 6.07) is 5.90. The molecular weight excluding hydrogens is 268 g/mol. The van der Waals surface area contributed by atoms with Gasteiger partial charge in [-0.2, -0.15) is 0 Å². The molecule has 1 aromatic rings. The SMILES string of the molecule is COc1ccc(C)cc1CCNC(=O)N(C)CCC(C)O. The average molecular weight is 294 g/mol. The standard InChI is InChI=1S/C16H26N2O3/c1-12-5-6-15(21-4)14(11-12)7-9-17-16(20)18(3)10-8-13(2)19/h5-6,11,13,19H,7-10H2,1-4H3,(H,17,20). The Bertz CT molecular complexity index is 461. The van der Waals surface area contributed by atoms with E-state index in [4.69, 9.17) is 4.74 Å². The average Bonchev–Trinajstić information content (AvgIpc) is 2.44. The van der Waals surface area contributed by atoms with Crippen molar-refractivity contribution in [3.63, 3.8) is 0 Å². The number of benzene rings is 1. The molecule has 0 aliphatic heterocycles. The van der Waals surface area contributed by atoms with Gasteiger partial charge in [-0.05, 0) is 38.3 Å². The fraction of sp³-hybridized carbons (Fsp3) is 0.562. The van der Waals surface area contributed by atoms with Gasteiger partial charge in [-0.3, -0.25) is 0 Å². The second-order valence-electron chi connectivity index (χ2n) is 5.36. The van der Waals surface area contributed by atoms with Crippen molar-refractivity contribution in [3.8, 4) is 5.75 Å². The van der Waals surface area contributed by atoms with E-state index in [0.717, 1.165) is 17.7 Å². The molecule has 2 amide bonds. The van der Waals surface area contributed by atoms with E-state index in [0.29, 0.717) is 19.5 Å². The van der Waals surface area contributed by atoms with Gasteiger partial charge in [-0.1, -0.05) is 17.7 Å². The molecule has 0 fully saturated rings. The van der Waals surface area contributed by atoms with Crippen molar-refractivity contribution < 1.29 is 14.6 Å². The van der Waals surface area contributed by atoms with Gasteiger partial charge in [0.25, 0.3) is 0 Å². The van der Waals surface area contributed by atoms with Crippen LogP contribution in [0.5, 0.6) is 5.75 Å². The van der Waals surface area contributed by atoms with E-state index in [-0.39, 0.29) is 6.03 Å². The molecular formula is C16H26N2O3. The maximum Gasteiger partial charge on any atom is 0.317 e. The number of methoxy groups -OCH3 is 1. The zero-order valence-electron chi connectivity index (χ0n) is 13.3. The third-order valence-electron chi connectivity index (χ3n) is 3.34. The van der Waals surface area contributed by atoms with Gasteiger partial charge in [0.2, 0.25) is 0 Å². The van der Waals surface area contributed by atoms with Crippen molar-refractivity contribution in [1.82, 2.24) is 10.2 Å². The number of amides is 2. The van der Waals surface area contributed by atoms with Crippen LogP contribution >= 0.6 is 0 Å².